The molecule has 0 atom stereocenters. The van der Waals surface area contributed by atoms with Crippen molar-refractivity contribution in [2.75, 3.05) is 27.2 Å². The number of pyridine rings is 1. The third kappa shape index (κ3) is 5.25. The molecule has 2 aromatic carbocycles. The first-order chi connectivity index (χ1) is 12.5. The summed E-state index contributed by atoms with van der Waals surface area (Å²) >= 11 is 0. The Hall–Kier alpha value is -2.50. The lowest BCUT2D eigenvalue weighted by molar-refractivity contribution is 0.0954. The maximum Gasteiger partial charge on any atom is 0.252 e. The Morgan fingerprint density at radius 2 is 1.81 bits per heavy atom. The molecule has 1 aromatic heterocycles. The lowest BCUT2D eigenvalue weighted by Crippen LogP contribution is -2.27. The van der Waals surface area contributed by atoms with Gasteiger partial charge in [-0.15, -0.1) is 12.4 Å². The molecule has 0 saturated carbocycles. The number of amides is 1. The van der Waals surface area contributed by atoms with Gasteiger partial charge in [0, 0.05) is 17.5 Å². The first kappa shape index (κ1) is 20.8. The van der Waals surface area contributed by atoms with Crippen LogP contribution < -0.4 is 5.32 Å². The van der Waals surface area contributed by atoms with Crippen LogP contribution in [0.1, 0.15) is 16.8 Å². The van der Waals surface area contributed by atoms with Crippen molar-refractivity contribution in [1.29, 1.82) is 0 Å². The number of para-hydroxylation sites is 1. The van der Waals surface area contributed by atoms with E-state index >= 15 is 0 Å². The van der Waals surface area contributed by atoms with Crippen molar-refractivity contribution in [2.24, 2.45) is 0 Å². The van der Waals surface area contributed by atoms with Gasteiger partial charge < -0.3 is 10.2 Å². The second-order valence-corrected chi connectivity index (χ2v) is 6.49. The molecule has 0 unspecified atom stereocenters. The Labute approximate surface area is 164 Å². The van der Waals surface area contributed by atoms with Gasteiger partial charge in [0.05, 0.1) is 16.8 Å². The second kappa shape index (κ2) is 9.44. The van der Waals surface area contributed by atoms with Crippen LogP contribution in [-0.4, -0.2) is 43.0 Å². The summed E-state index contributed by atoms with van der Waals surface area (Å²) in [6.07, 6.45) is 0.882. The minimum Gasteiger partial charge on any atom is -0.352 e. The number of nitrogens with zero attached hydrogens (tertiary/aromatic N) is 2. The first-order valence-electron chi connectivity index (χ1n) is 8.63. The molecule has 0 saturated heterocycles. The van der Waals surface area contributed by atoms with Gasteiger partial charge in [-0.2, -0.15) is 0 Å². The third-order valence-corrected chi connectivity index (χ3v) is 4.17. The molecule has 6 heteroatoms. The van der Waals surface area contributed by atoms with Crippen molar-refractivity contribution in [1.82, 2.24) is 15.2 Å². The molecule has 27 heavy (non-hydrogen) atoms. The Bertz CT molecular complexity index is 913. The van der Waals surface area contributed by atoms with E-state index in [1.54, 1.807) is 18.2 Å². The standard InChI is InChI=1S/C21H22FN3O.ClH/c1-25(2)13-5-12-23-21(26)18-14-20(15-8-10-16(22)11-9-15)24-19-7-4-3-6-17(18)19;/h3-4,6-11,14H,5,12-13H2,1-2H3,(H,23,26);1H. The fraction of sp³-hybridized carbons (Fsp3) is 0.238. The molecule has 1 heterocycles. The summed E-state index contributed by atoms with van der Waals surface area (Å²) in [6.45, 7) is 1.53. The SMILES string of the molecule is CN(C)CCCNC(=O)c1cc(-c2ccc(F)cc2)nc2ccccc12.Cl. The molecule has 142 valence electrons. The topological polar surface area (TPSA) is 45.2 Å². The second-order valence-electron chi connectivity index (χ2n) is 6.49. The Kier molecular flexibility index (Phi) is 7.28. The van der Waals surface area contributed by atoms with Gasteiger partial charge in [0.2, 0.25) is 0 Å². The van der Waals surface area contributed by atoms with Gasteiger partial charge in [-0.05, 0) is 63.5 Å². The summed E-state index contributed by atoms with van der Waals surface area (Å²) in [7, 11) is 4.01. The molecular weight excluding hydrogens is 365 g/mol. The van der Waals surface area contributed by atoms with E-state index in [1.165, 1.54) is 12.1 Å². The van der Waals surface area contributed by atoms with Crippen molar-refractivity contribution in [2.45, 2.75) is 6.42 Å². The van der Waals surface area contributed by atoms with Crippen molar-refractivity contribution in [3.8, 4) is 11.3 Å². The average Bonchev–Trinajstić information content (AvgIpc) is 2.64. The van der Waals surface area contributed by atoms with E-state index in [9.17, 15) is 9.18 Å². The van der Waals surface area contributed by atoms with E-state index in [1.807, 2.05) is 38.4 Å². The van der Waals surface area contributed by atoms with Crippen molar-refractivity contribution >= 4 is 29.2 Å². The summed E-state index contributed by atoms with van der Waals surface area (Å²) in [4.78, 5) is 19.4. The molecule has 0 aliphatic heterocycles. The predicted molar refractivity (Wildman–Crippen MR) is 110 cm³/mol. The van der Waals surface area contributed by atoms with E-state index in [2.05, 4.69) is 15.2 Å². The third-order valence-electron chi connectivity index (χ3n) is 4.17. The highest BCUT2D eigenvalue weighted by Crippen LogP contribution is 2.25. The number of nitrogens with one attached hydrogen (secondary N) is 1. The van der Waals surface area contributed by atoms with Gasteiger partial charge in [0.15, 0.2) is 0 Å². The van der Waals surface area contributed by atoms with E-state index in [0.29, 0.717) is 17.8 Å². The Balaban J connectivity index is 0.00000261. The number of benzene rings is 2. The van der Waals surface area contributed by atoms with Crippen LogP contribution in [0.3, 0.4) is 0 Å². The zero-order valence-corrected chi connectivity index (χ0v) is 16.2. The molecule has 4 nitrogen and oxygen atoms in total. The molecule has 3 rings (SSSR count). The van der Waals surface area contributed by atoms with Gasteiger partial charge >= 0.3 is 0 Å². The molecular formula is C21H23ClFN3O. The van der Waals surface area contributed by atoms with Gasteiger partial charge in [-0.3, -0.25) is 4.79 Å². The maximum atomic E-state index is 13.2. The molecule has 0 spiro atoms. The smallest absolute Gasteiger partial charge is 0.252 e. The number of aromatic nitrogens is 1. The van der Waals surface area contributed by atoms with Crippen LogP contribution >= 0.6 is 12.4 Å². The van der Waals surface area contributed by atoms with Crippen LogP contribution in [0.25, 0.3) is 22.2 Å². The van der Waals surface area contributed by atoms with Gasteiger partial charge in [-0.25, -0.2) is 9.37 Å². The lowest BCUT2D eigenvalue weighted by atomic mass is 10.0. The number of carbonyl (C=O) groups excluding carboxylic acids is 1. The van der Waals surface area contributed by atoms with E-state index in [4.69, 9.17) is 0 Å². The number of fused-ring (bicyclic) bond motifs is 1. The van der Waals surface area contributed by atoms with Crippen LogP contribution in [0.15, 0.2) is 54.6 Å². The van der Waals surface area contributed by atoms with Crippen LogP contribution in [-0.2, 0) is 0 Å². The van der Waals surface area contributed by atoms with Crippen molar-refractivity contribution in [3.63, 3.8) is 0 Å². The van der Waals surface area contributed by atoms with Crippen molar-refractivity contribution < 1.29 is 9.18 Å². The molecule has 1 amide bonds. The minimum atomic E-state index is -0.298. The van der Waals surface area contributed by atoms with Crippen molar-refractivity contribution in [3.05, 3.63) is 66.0 Å². The van der Waals surface area contributed by atoms with Crippen LogP contribution in [0.4, 0.5) is 4.39 Å². The number of hydrogen-bond donors (Lipinski definition) is 1. The number of halogens is 2. The molecule has 0 radical (unpaired) electrons. The van der Waals surface area contributed by atoms with E-state index < -0.39 is 0 Å². The normalized spacial score (nSPS) is 10.7. The number of rotatable bonds is 6. The lowest BCUT2D eigenvalue weighted by Gasteiger charge is -2.12. The monoisotopic (exact) mass is 387 g/mol. The molecule has 0 aliphatic carbocycles. The fourth-order valence-corrected chi connectivity index (χ4v) is 2.82. The number of carbonyl (C=O) groups is 1. The Morgan fingerprint density at radius 1 is 1.11 bits per heavy atom. The van der Waals surface area contributed by atoms with Gasteiger partial charge in [0.1, 0.15) is 5.82 Å². The highest BCUT2D eigenvalue weighted by Gasteiger charge is 2.13. The summed E-state index contributed by atoms with van der Waals surface area (Å²) in [5.74, 6) is -0.417. The molecule has 1 N–H and O–H groups in total. The fourth-order valence-electron chi connectivity index (χ4n) is 2.82. The van der Waals surface area contributed by atoms with E-state index in [-0.39, 0.29) is 24.1 Å². The van der Waals surface area contributed by atoms with Crippen LogP contribution in [0.5, 0.6) is 0 Å². The van der Waals surface area contributed by atoms with Crippen LogP contribution in [0.2, 0.25) is 0 Å². The quantitative estimate of drug-likeness (QED) is 0.646. The van der Waals surface area contributed by atoms with Gasteiger partial charge in [0.25, 0.3) is 5.91 Å². The average molecular weight is 388 g/mol. The van der Waals surface area contributed by atoms with E-state index in [0.717, 1.165) is 29.4 Å². The molecule has 0 aliphatic rings. The highest BCUT2D eigenvalue weighted by atomic mass is 35.5. The Morgan fingerprint density at radius 3 is 2.52 bits per heavy atom. The molecule has 0 fully saturated rings. The summed E-state index contributed by atoms with van der Waals surface area (Å²) < 4.78 is 13.2. The zero-order chi connectivity index (χ0) is 18.5. The molecule has 0 bridgehead atoms. The largest absolute Gasteiger partial charge is 0.352 e. The van der Waals surface area contributed by atoms with Crippen LogP contribution in [0, 0.1) is 5.82 Å². The van der Waals surface area contributed by atoms with Gasteiger partial charge in [-0.1, -0.05) is 18.2 Å². The summed E-state index contributed by atoms with van der Waals surface area (Å²) in [5.41, 5.74) is 2.76. The maximum absolute atomic E-state index is 13.2. The summed E-state index contributed by atoms with van der Waals surface area (Å²) in [5, 5.41) is 3.79. The molecule has 3 aromatic rings. The summed E-state index contributed by atoms with van der Waals surface area (Å²) in [6, 6.07) is 15.5. The minimum absolute atomic E-state index is 0. The zero-order valence-electron chi connectivity index (χ0n) is 15.4. The number of hydrogen-bond acceptors (Lipinski definition) is 3. The first-order valence-corrected chi connectivity index (χ1v) is 8.63. The predicted octanol–water partition coefficient (Wildman–Crippen LogP) is 4.14. The highest BCUT2D eigenvalue weighted by molar-refractivity contribution is 6.07.